The van der Waals surface area contributed by atoms with Crippen molar-refractivity contribution in [2.24, 2.45) is 0 Å². The number of hydrogen-bond donors (Lipinski definition) is 2. The highest BCUT2D eigenvalue weighted by Crippen LogP contribution is 2.38. The number of nitrogens with one attached hydrogen (secondary N) is 2. The number of quaternary nitrogens is 1. The number of hydrogen-bond acceptors (Lipinski definition) is 4. The Morgan fingerprint density at radius 3 is 2.14 bits per heavy atom. The molecule has 0 heterocycles. The maximum Gasteiger partial charge on any atom is 0.224 e. The van der Waals surface area contributed by atoms with Crippen LogP contribution in [0.1, 0.15) is 12.0 Å². The van der Waals surface area contributed by atoms with Gasteiger partial charge in [-0.2, -0.15) is 0 Å². The summed E-state index contributed by atoms with van der Waals surface area (Å²) >= 11 is 0. The Balaban J connectivity index is 2.66. The van der Waals surface area contributed by atoms with Crippen LogP contribution >= 0.6 is 0 Å². The third-order valence-electron chi connectivity index (χ3n) is 3.26. The van der Waals surface area contributed by atoms with Crippen molar-refractivity contribution in [3.8, 4) is 17.2 Å². The van der Waals surface area contributed by atoms with E-state index in [4.69, 9.17) is 14.2 Å². The molecule has 2 N–H and O–H groups in total. The van der Waals surface area contributed by atoms with Crippen molar-refractivity contribution in [3.05, 3.63) is 17.7 Å². The second kappa shape index (κ2) is 9.15. The SMILES string of the molecule is COc1cc(CC(=O)NCCC[NH+](C)C)cc(OC)c1OC. The summed E-state index contributed by atoms with van der Waals surface area (Å²) in [7, 11) is 8.87. The summed E-state index contributed by atoms with van der Waals surface area (Å²) < 4.78 is 15.8. The summed E-state index contributed by atoms with van der Waals surface area (Å²) in [4.78, 5) is 13.4. The molecule has 0 spiro atoms. The van der Waals surface area contributed by atoms with Gasteiger partial charge in [-0.1, -0.05) is 0 Å². The first-order valence-electron chi connectivity index (χ1n) is 7.36. The molecule has 0 atom stereocenters. The van der Waals surface area contributed by atoms with E-state index in [-0.39, 0.29) is 12.3 Å². The van der Waals surface area contributed by atoms with Crippen LogP contribution in [0, 0.1) is 0 Å². The van der Waals surface area contributed by atoms with E-state index >= 15 is 0 Å². The van der Waals surface area contributed by atoms with Gasteiger partial charge in [-0.15, -0.1) is 0 Å². The van der Waals surface area contributed by atoms with Crippen molar-refractivity contribution in [2.75, 3.05) is 48.5 Å². The van der Waals surface area contributed by atoms with E-state index in [0.717, 1.165) is 18.5 Å². The first-order valence-corrected chi connectivity index (χ1v) is 7.36. The lowest BCUT2D eigenvalue weighted by Crippen LogP contribution is -3.05. The number of rotatable bonds is 9. The van der Waals surface area contributed by atoms with E-state index < -0.39 is 0 Å². The van der Waals surface area contributed by atoms with E-state index in [1.807, 2.05) is 0 Å². The first-order chi connectivity index (χ1) is 10.5. The molecule has 6 heteroatoms. The van der Waals surface area contributed by atoms with Gasteiger partial charge in [-0.05, 0) is 17.7 Å². The Morgan fingerprint density at radius 2 is 1.68 bits per heavy atom. The van der Waals surface area contributed by atoms with Crippen molar-refractivity contribution < 1.29 is 23.9 Å². The molecule has 1 amide bonds. The van der Waals surface area contributed by atoms with Crippen molar-refractivity contribution >= 4 is 5.91 Å². The molecular formula is C16H27N2O4+. The maximum atomic E-state index is 12.0. The minimum absolute atomic E-state index is 0.0111. The summed E-state index contributed by atoms with van der Waals surface area (Å²) in [6.07, 6.45) is 1.24. The number of carbonyl (C=O) groups is 1. The molecule has 0 aliphatic carbocycles. The lowest BCUT2D eigenvalue weighted by molar-refractivity contribution is -0.858. The van der Waals surface area contributed by atoms with Crippen LogP contribution in [0.3, 0.4) is 0 Å². The minimum Gasteiger partial charge on any atom is -0.493 e. The molecule has 1 aromatic carbocycles. The van der Waals surface area contributed by atoms with E-state index in [9.17, 15) is 4.79 Å². The standard InChI is InChI=1S/C16H26N2O4/c1-18(2)8-6-7-17-15(19)11-12-9-13(20-3)16(22-5)14(10-12)21-4/h9-10H,6-8,11H2,1-5H3,(H,17,19)/p+1. The Kier molecular flexibility index (Phi) is 7.52. The van der Waals surface area contributed by atoms with Gasteiger partial charge in [0, 0.05) is 13.0 Å². The summed E-state index contributed by atoms with van der Waals surface area (Å²) in [5, 5.41) is 2.92. The topological polar surface area (TPSA) is 61.2 Å². The zero-order valence-corrected chi connectivity index (χ0v) is 14.1. The molecule has 0 aliphatic rings. The Labute approximate surface area is 132 Å². The molecular weight excluding hydrogens is 284 g/mol. The number of amides is 1. The van der Waals surface area contributed by atoms with Gasteiger partial charge in [0.2, 0.25) is 11.7 Å². The van der Waals surface area contributed by atoms with E-state index in [1.54, 1.807) is 33.5 Å². The average Bonchev–Trinajstić information content (AvgIpc) is 2.50. The highest BCUT2D eigenvalue weighted by Gasteiger charge is 2.14. The highest BCUT2D eigenvalue weighted by atomic mass is 16.5. The molecule has 0 aliphatic heterocycles. The first kappa shape index (κ1) is 18.1. The number of methoxy groups -OCH3 is 3. The highest BCUT2D eigenvalue weighted by molar-refractivity contribution is 5.79. The van der Waals surface area contributed by atoms with Gasteiger partial charge < -0.3 is 24.4 Å². The van der Waals surface area contributed by atoms with E-state index in [1.165, 1.54) is 4.90 Å². The van der Waals surface area contributed by atoms with Crippen molar-refractivity contribution in [1.29, 1.82) is 0 Å². The van der Waals surface area contributed by atoms with Crippen molar-refractivity contribution in [2.45, 2.75) is 12.8 Å². The van der Waals surface area contributed by atoms with Crippen LogP contribution in [0.4, 0.5) is 0 Å². The predicted octanol–water partition coefficient (Wildman–Crippen LogP) is -0.0943. The molecule has 0 radical (unpaired) electrons. The van der Waals surface area contributed by atoms with Gasteiger partial charge >= 0.3 is 0 Å². The van der Waals surface area contributed by atoms with Crippen LogP contribution in [0.2, 0.25) is 0 Å². The van der Waals surface area contributed by atoms with Gasteiger partial charge in [-0.3, -0.25) is 4.79 Å². The van der Waals surface area contributed by atoms with Gasteiger partial charge in [0.1, 0.15) is 0 Å². The molecule has 0 unspecified atom stereocenters. The minimum atomic E-state index is -0.0111. The van der Waals surface area contributed by atoms with Crippen LogP contribution in [0.15, 0.2) is 12.1 Å². The third kappa shape index (κ3) is 5.44. The largest absolute Gasteiger partial charge is 0.493 e. The van der Waals surface area contributed by atoms with Gasteiger partial charge in [-0.25, -0.2) is 0 Å². The number of ether oxygens (including phenoxy) is 3. The zero-order valence-electron chi connectivity index (χ0n) is 14.1. The molecule has 0 bridgehead atoms. The molecule has 0 fully saturated rings. The lowest BCUT2D eigenvalue weighted by atomic mass is 10.1. The van der Waals surface area contributed by atoms with E-state index in [0.29, 0.717) is 23.8 Å². The normalized spacial score (nSPS) is 10.5. The van der Waals surface area contributed by atoms with E-state index in [2.05, 4.69) is 19.4 Å². The van der Waals surface area contributed by atoms with Crippen LogP contribution in [0.25, 0.3) is 0 Å². The fraction of sp³-hybridized carbons (Fsp3) is 0.562. The monoisotopic (exact) mass is 311 g/mol. The van der Waals surface area contributed by atoms with Crippen LogP contribution in [0.5, 0.6) is 17.2 Å². The molecule has 0 saturated heterocycles. The molecule has 1 aromatic rings. The third-order valence-corrected chi connectivity index (χ3v) is 3.26. The quantitative estimate of drug-likeness (QED) is 0.626. The molecule has 1 rings (SSSR count). The second-order valence-electron chi connectivity index (χ2n) is 5.37. The fourth-order valence-electron chi connectivity index (χ4n) is 2.16. The summed E-state index contributed by atoms with van der Waals surface area (Å²) in [5.41, 5.74) is 0.824. The number of benzene rings is 1. The Bertz CT molecular complexity index is 464. The Morgan fingerprint density at radius 1 is 1.09 bits per heavy atom. The van der Waals surface area contributed by atoms with Crippen molar-refractivity contribution in [3.63, 3.8) is 0 Å². The lowest BCUT2D eigenvalue weighted by Gasteiger charge is -2.14. The molecule has 6 nitrogen and oxygen atoms in total. The number of carbonyl (C=O) groups excluding carboxylic acids is 1. The predicted molar refractivity (Wildman–Crippen MR) is 85.1 cm³/mol. The zero-order chi connectivity index (χ0) is 16.5. The van der Waals surface area contributed by atoms with Crippen molar-refractivity contribution in [1.82, 2.24) is 5.32 Å². The van der Waals surface area contributed by atoms with Crippen LogP contribution in [-0.4, -0.2) is 54.4 Å². The summed E-state index contributed by atoms with van der Waals surface area (Å²) in [5.74, 6) is 1.63. The van der Waals surface area contributed by atoms with Gasteiger partial charge in [0.25, 0.3) is 0 Å². The van der Waals surface area contributed by atoms with Crippen LogP contribution in [-0.2, 0) is 11.2 Å². The summed E-state index contributed by atoms with van der Waals surface area (Å²) in [6.45, 7) is 1.72. The summed E-state index contributed by atoms with van der Waals surface area (Å²) in [6, 6.07) is 3.59. The Hall–Kier alpha value is -1.95. The molecule has 0 saturated carbocycles. The second-order valence-corrected chi connectivity index (χ2v) is 5.37. The maximum absolute atomic E-state index is 12.0. The smallest absolute Gasteiger partial charge is 0.224 e. The average molecular weight is 311 g/mol. The molecule has 124 valence electrons. The van der Waals surface area contributed by atoms with Gasteiger partial charge in [0.05, 0.1) is 48.4 Å². The molecule has 0 aromatic heterocycles. The van der Waals surface area contributed by atoms with Crippen LogP contribution < -0.4 is 24.4 Å². The van der Waals surface area contributed by atoms with Gasteiger partial charge in [0.15, 0.2) is 11.5 Å². The fourth-order valence-corrected chi connectivity index (χ4v) is 2.16. The molecule has 22 heavy (non-hydrogen) atoms.